The standard InChI is InChI=1S/C12H15NO3/c1-16-11-6-5-9(8-14)7-10(11)3-2-4-12(13)15/h2-3,5-7,14H,4,8H2,1H3,(H2,13,15). The van der Waals surface area contributed by atoms with Gasteiger partial charge < -0.3 is 15.6 Å². The highest BCUT2D eigenvalue weighted by Gasteiger charge is 2.01. The Morgan fingerprint density at radius 1 is 1.56 bits per heavy atom. The first-order valence-electron chi connectivity index (χ1n) is 4.90. The van der Waals surface area contributed by atoms with Gasteiger partial charge in [0, 0.05) is 12.0 Å². The second kappa shape index (κ2) is 5.92. The van der Waals surface area contributed by atoms with Crippen molar-refractivity contribution in [3.05, 3.63) is 35.4 Å². The minimum atomic E-state index is -0.381. The number of hydrogen-bond acceptors (Lipinski definition) is 3. The number of amides is 1. The Kier molecular flexibility index (Phi) is 4.54. The molecular weight excluding hydrogens is 206 g/mol. The third-order valence-electron chi connectivity index (χ3n) is 2.09. The largest absolute Gasteiger partial charge is 0.496 e. The van der Waals surface area contributed by atoms with Crippen LogP contribution < -0.4 is 10.5 Å². The van der Waals surface area contributed by atoms with E-state index in [1.54, 1.807) is 37.5 Å². The summed E-state index contributed by atoms with van der Waals surface area (Å²) in [5.41, 5.74) is 6.63. The molecule has 1 amide bonds. The topological polar surface area (TPSA) is 72.6 Å². The molecule has 0 aliphatic carbocycles. The van der Waals surface area contributed by atoms with Crippen molar-refractivity contribution in [1.29, 1.82) is 0 Å². The van der Waals surface area contributed by atoms with E-state index in [1.165, 1.54) is 0 Å². The Balaban J connectivity index is 2.90. The van der Waals surface area contributed by atoms with Gasteiger partial charge in [0.25, 0.3) is 0 Å². The summed E-state index contributed by atoms with van der Waals surface area (Å²) in [6.07, 6.45) is 3.61. The van der Waals surface area contributed by atoms with Gasteiger partial charge in [0.05, 0.1) is 13.7 Å². The van der Waals surface area contributed by atoms with Gasteiger partial charge in [0.15, 0.2) is 0 Å². The fourth-order valence-corrected chi connectivity index (χ4v) is 1.31. The van der Waals surface area contributed by atoms with E-state index in [1.807, 2.05) is 0 Å². The van der Waals surface area contributed by atoms with Gasteiger partial charge in [0.1, 0.15) is 5.75 Å². The summed E-state index contributed by atoms with van der Waals surface area (Å²) in [5.74, 6) is 0.312. The minimum Gasteiger partial charge on any atom is -0.496 e. The van der Waals surface area contributed by atoms with Gasteiger partial charge in [-0.05, 0) is 17.7 Å². The molecule has 3 N–H and O–H groups in total. The van der Waals surface area contributed by atoms with Crippen LogP contribution >= 0.6 is 0 Å². The number of rotatable bonds is 5. The molecule has 1 aromatic carbocycles. The molecule has 0 aliphatic heterocycles. The molecule has 1 aromatic rings. The number of aliphatic hydroxyl groups is 1. The molecule has 1 rings (SSSR count). The number of aliphatic hydroxyl groups excluding tert-OH is 1. The number of methoxy groups -OCH3 is 1. The van der Waals surface area contributed by atoms with Crippen LogP contribution in [0.25, 0.3) is 6.08 Å². The maximum absolute atomic E-state index is 10.6. The van der Waals surface area contributed by atoms with Crippen LogP contribution in [-0.2, 0) is 11.4 Å². The van der Waals surface area contributed by atoms with E-state index in [2.05, 4.69) is 0 Å². The summed E-state index contributed by atoms with van der Waals surface area (Å²) in [7, 11) is 1.57. The Morgan fingerprint density at radius 2 is 2.31 bits per heavy atom. The van der Waals surface area contributed by atoms with Crippen molar-refractivity contribution in [2.75, 3.05) is 7.11 Å². The fourth-order valence-electron chi connectivity index (χ4n) is 1.31. The SMILES string of the molecule is COc1ccc(CO)cc1C=CCC(N)=O. The molecular formula is C12H15NO3. The summed E-state index contributed by atoms with van der Waals surface area (Å²) < 4.78 is 5.15. The van der Waals surface area contributed by atoms with E-state index in [0.717, 1.165) is 11.1 Å². The quantitative estimate of drug-likeness (QED) is 0.781. The molecule has 0 saturated heterocycles. The molecule has 0 unspecified atom stereocenters. The molecule has 0 fully saturated rings. The monoisotopic (exact) mass is 221 g/mol. The predicted octanol–water partition coefficient (Wildman–Crippen LogP) is 1.08. The molecule has 0 aromatic heterocycles. The number of hydrogen-bond donors (Lipinski definition) is 2. The molecule has 4 heteroatoms. The van der Waals surface area contributed by atoms with E-state index in [-0.39, 0.29) is 18.9 Å². The van der Waals surface area contributed by atoms with Crippen molar-refractivity contribution in [3.8, 4) is 5.75 Å². The summed E-state index contributed by atoms with van der Waals surface area (Å²) in [6.45, 7) is -0.0271. The Bertz CT molecular complexity index is 399. The molecule has 16 heavy (non-hydrogen) atoms. The second-order valence-electron chi connectivity index (χ2n) is 3.31. The maximum atomic E-state index is 10.6. The lowest BCUT2D eigenvalue weighted by Gasteiger charge is -2.06. The number of carbonyl (C=O) groups is 1. The van der Waals surface area contributed by atoms with E-state index < -0.39 is 0 Å². The van der Waals surface area contributed by atoms with Gasteiger partial charge in [-0.25, -0.2) is 0 Å². The second-order valence-corrected chi connectivity index (χ2v) is 3.31. The Hall–Kier alpha value is -1.81. The number of ether oxygens (including phenoxy) is 1. The lowest BCUT2D eigenvalue weighted by atomic mass is 10.1. The summed E-state index contributed by atoms with van der Waals surface area (Å²) in [6, 6.07) is 5.36. The number of benzene rings is 1. The van der Waals surface area contributed by atoms with E-state index >= 15 is 0 Å². The van der Waals surface area contributed by atoms with Crippen molar-refractivity contribution in [1.82, 2.24) is 0 Å². The first-order chi connectivity index (χ1) is 7.67. The molecule has 0 radical (unpaired) electrons. The highest BCUT2D eigenvalue weighted by molar-refractivity contribution is 5.76. The van der Waals surface area contributed by atoms with Gasteiger partial charge in [-0.15, -0.1) is 0 Å². The van der Waals surface area contributed by atoms with Crippen LogP contribution in [0.1, 0.15) is 17.5 Å². The molecule has 4 nitrogen and oxygen atoms in total. The molecule has 0 aliphatic rings. The average molecular weight is 221 g/mol. The van der Waals surface area contributed by atoms with Crippen LogP contribution in [0.3, 0.4) is 0 Å². The lowest BCUT2D eigenvalue weighted by Crippen LogP contribution is -2.07. The molecule has 0 heterocycles. The van der Waals surface area contributed by atoms with Crippen molar-refractivity contribution in [2.24, 2.45) is 5.73 Å². The van der Waals surface area contributed by atoms with Gasteiger partial charge >= 0.3 is 0 Å². The summed E-state index contributed by atoms with van der Waals surface area (Å²) >= 11 is 0. The molecule has 0 atom stereocenters. The predicted molar refractivity (Wildman–Crippen MR) is 61.8 cm³/mol. The highest BCUT2D eigenvalue weighted by atomic mass is 16.5. The van der Waals surface area contributed by atoms with Crippen LogP contribution in [0, 0.1) is 0 Å². The van der Waals surface area contributed by atoms with E-state index in [4.69, 9.17) is 15.6 Å². The number of primary amides is 1. The average Bonchev–Trinajstić information content (AvgIpc) is 2.28. The van der Waals surface area contributed by atoms with Gasteiger partial charge in [-0.1, -0.05) is 18.2 Å². The highest BCUT2D eigenvalue weighted by Crippen LogP contribution is 2.21. The third-order valence-corrected chi connectivity index (χ3v) is 2.09. The normalized spacial score (nSPS) is 10.6. The van der Waals surface area contributed by atoms with Crippen LogP contribution in [0.15, 0.2) is 24.3 Å². The van der Waals surface area contributed by atoms with E-state index in [0.29, 0.717) is 5.75 Å². The van der Waals surface area contributed by atoms with Gasteiger partial charge in [0.2, 0.25) is 5.91 Å². The van der Waals surface area contributed by atoms with Crippen molar-refractivity contribution < 1.29 is 14.6 Å². The zero-order valence-corrected chi connectivity index (χ0v) is 9.14. The summed E-state index contributed by atoms with van der Waals surface area (Å²) in [4.78, 5) is 10.6. The van der Waals surface area contributed by atoms with Gasteiger partial charge in [-0.3, -0.25) is 4.79 Å². The molecule has 0 saturated carbocycles. The third kappa shape index (κ3) is 3.40. The van der Waals surface area contributed by atoms with Gasteiger partial charge in [-0.2, -0.15) is 0 Å². The van der Waals surface area contributed by atoms with Crippen molar-refractivity contribution >= 4 is 12.0 Å². The molecule has 86 valence electrons. The molecule has 0 spiro atoms. The van der Waals surface area contributed by atoms with Crippen LogP contribution in [0.5, 0.6) is 5.75 Å². The smallest absolute Gasteiger partial charge is 0.221 e. The van der Waals surface area contributed by atoms with Crippen LogP contribution in [0.4, 0.5) is 0 Å². The molecule has 0 bridgehead atoms. The zero-order chi connectivity index (χ0) is 12.0. The van der Waals surface area contributed by atoms with Crippen molar-refractivity contribution in [2.45, 2.75) is 13.0 Å². The Labute approximate surface area is 94.3 Å². The number of nitrogens with two attached hydrogens (primary N) is 1. The first-order valence-corrected chi connectivity index (χ1v) is 4.90. The Morgan fingerprint density at radius 3 is 2.88 bits per heavy atom. The minimum absolute atomic E-state index is 0.0271. The first kappa shape index (κ1) is 12.3. The van der Waals surface area contributed by atoms with E-state index in [9.17, 15) is 4.79 Å². The zero-order valence-electron chi connectivity index (χ0n) is 9.14. The maximum Gasteiger partial charge on any atom is 0.221 e. The van der Waals surface area contributed by atoms with Crippen molar-refractivity contribution in [3.63, 3.8) is 0 Å². The fraction of sp³-hybridized carbons (Fsp3) is 0.250. The van der Waals surface area contributed by atoms with Crippen LogP contribution in [-0.4, -0.2) is 18.1 Å². The lowest BCUT2D eigenvalue weighted by molar-refractivity contribution is -0.117. The van der Waals surface area contributed by atoms with Crippen LogP contribution in [0.2, 0.25) is 0 Å². The summed E-state index contributed by atoms with van der Waals surface area (Å²) in [5, 5.41) is 9.00. The number of carbonyl (C=O) groups excluding carboxylic acids is 1.